The van der Waals surface area contributed by atoms with Crippen LogP contribution in [0.3, 0.4) is 0 Å². The van der Waals surface area contributed by atoms with E-state index in [0.717, 1.165) is 56.5 Å². The number of fused-ring (bicyclic) bond motifs is 3. The molecule has 0 aromatic heterocycles. The minimum absolute atomic E-state index is 0.0000136. The van der Waals surface area contributed by atoms with Crippen LogP contribution in [-0.2, 0) is 13.0 Å². The molecular weight excluding hydrogens is 326 g/mol. The van der Waals surface area contributed by atoms with Gasteiger partial charge in [0.15, 0.2) is 0 Å². The first-order chi connectivity index (χ1) is 12.5. The predicted molar refractivity (Wildman–Crippen MR) is 104 cm³/mol. The summed E-state index contributed by atoms with van der Waals surface area (Å²) in [4.78, 5) is 2.54. The van der Waals surface area contributed by atoms with E-state index in [2.05, 4.69) is 37.8 Å². The van der Waals surface area contributed by atoms with Crippen LogP contribution in [0.25, 0.3) is 0 Å². The van der Waals surface area contributed by atoms with Gasteiger partial charge >= 0.3 is 0 Å². The molecular formula is C22H35NO3. The standard InChI is InChI=1S/C22H35NO3/c1-4-5-8-26-22-11-16-6-7-23-13-17(9-15(2)3)21(25)12-20(23)19(16)10-18(22)14-24/h10-11,15,17,20-21,24-25H,4-9,12-14H2,1-3H3/t17-,20-,21-/m1/s1. The smallest absolute Gasteiger partial charge is 0.125 e. The third-order valence-electron chi connectivity index (χ3n) is 5.97. The highest BCUT2D eigenvalue weighted by molar-refractivity contribution is 5.45. The van der Waals surface area contributed by atoms with Gasteiger partial charge in [0, 0.05) is 24.7 Å². The number of ether oxygens (including phenoxy) is 1. The van der Waals surface area contributed by atoms with Crippen LogP contribution in [0.1, 0.15) is 69.2 Å². The minimum atomic E-state index is -0.234. The number of hydrogen-bond acceptors (Lipinski definition) is 4. The molecule has 0 aliphatic carbocycles. The molecule has 1 saturated heterocycles. The lowest BCUT2D eigenvalue weighted by molar-refractivity contribution is -0.0191. The summed E-state index contributed by atoms with van der Waals surface area (Å²) in [5.74, 6) is 1.83. The molecule has 146 valence electrons. The van der Waals surface area contributed by atoms with Gasteiger partial charge in [-0.2, -0.15) is 0 Å². The van der Waals surface area contributed by atoms with Gasteiger partial charge in [-0.05, 0) is 60.8 Å². The van der Waals surface area contributed by atoms with Crippen LogP contribution in [-0.4, -0.2) is 40.9 Å². The van der Waals surface area contributed by atoms with Gasteiger partial charge in [-0.3, -0.25) is 4.90 Å². The lowest BCUT2D eigenvalue weighted by Crippen LogP contribution is -2.48. The van der Waals surface area contributed by atoms with Crippen molar-refractivity contribution in [2.24, 2.45) is 11.8 Å². The Morgan fingerprint density at radius 3 is 2.81 bits per heavy atom. The molecule has 1 aromatic rings. The molecule has 0 unspecified atom stereocenters. The Labute approximate surface area is 158 Å². The molecule has 2 aliphatic heterocycles. The minimum Gasteiger partial charge on any atom is -0.493 e. The second kappa shape index (κ2) is 8.73. The summed E-state index contributed by atoms with van der Waals surface area (Å²) in [6, 6.07) is 4.54. The van der Waals surface area contributed by atoms with E-state index in [1.54, 1.807) is 0 Å². The van der Waals surface area contributed by atoms with Crippen molar-refractivity contribution in [1.29, 1.82) is 0 Å². The molecule has 0 amide bonds. The Balaban J connectivity index is 1.80. The zero-order chi connectivity index (χ0) is 18.7. The molecule has 26 heavy (non-hydrogen) atoms. The van der Waals surface area contributed by atoms with Gasteiger partial charge in [0.1, 0.15) is 5.75 Å². The number of unbranched alkanes of at least 4 members (excludes halogenated alkanes) is 1. The van der Waals surface area contributed by atoms with Gasteiger partial charge in [-0.25, -0.2) is 0 Å². The Hall–Kier alpha value is -1.10. The SMILES string of the molecule is CCCCOc1cc2c(cc1CO)[C@H]1C[C@@H](O)[C@H](CC(C)C)CN1CC2. The Kier molecular flexibility index (Phi) is 6.60. The first kappa shape index (κ1) is 19.7. The molecule has 1 aromatic carbocycles. The van der Waals surface area contributed by atoms with Crippen molar-refractivity contribution in [3.8, 4) is 5.75 Å². The van der Waals surface area contributed by atoms with E-state index in [1.165, 1.54) is 11.1 Å². The summed E-state index contributed by atoms with van der Waals surface area (Å²) in [6.45, 7) is 9.35. The number of piperidine rings is 1. The Bertz CT molecular complexity index is 601. The number of rotatable bonds is 7. The normalized spacial score (nSPS) is 25.8. The van der Waals surface area contributed by atoms with Crippen LogP contribution in [0.5, 0.6) is 5.75 Å². The molecule has 3 rings (SSSR count). The number of aliphatic hydroxyl groups excluding tert-OH is 2. The zero-order valence-corrected chi connectivity index (χ0v) is 16.6. The van der Waals surface area contributed by atoms with Crippen molar-refractivity contribution in [3.63, 3.8) is 0 Å². The maximum Gasteiger partial charge on any atom is 0.125 e. The van der Waals surface area contributed by atoms with Gasteiger partial charge in [-0.1, -0.05) is 27.2 Å². The highest BCUT2D eigenvalue weighted by Crippen LogP contribution is 2.42. The van der Waals surface area contributed by atoms with Crippen LogP contribution in [0, 0.1) is 11.8 Å². The Morgan fingerprint density at radius 1 is 1.31 bits per heavy atom. The lowest BCUT2D eigenvalue weighted by atomic mass is 9.79. The molecule has 4 nitrogen and oxygen atoms in total. The molecule has 2 N–H and O–H groups in total. The van der Waals surface area contributed by atoms with Crippen molar-refractivity contribution in [2.45, 2.75) is 71.6 Å². The highest BCUT2D eigenvalue weighted by Gasteiger charge is 2.38. The first-order valence-corrected chi connectivity index (χ1v) is 10.3. The molecule has 1 fully saturated rings. The van der Waals surface area contributed by atoms with Gasteiger partial charge < -0.3 is 14.9 Å². The third-order valence-corrected chi connectivity index (χ3v) is 5.97. The van der Waals surface area contributed by atoms with E-state index in [9.17, 15) is 10.2 Å². The van der Waals surface area contributed by atoms with Crippen molar-refractivity contribution >= 4 is 0 Å². The number of hydrogen-bond donors (Lipinski definition) is 2. The van der Waals surface area contributed by atoms with Gasteiger partial charge in [0.25, 0.3) is 0 Å². The molecule has 0 radical (unpaired) electrons. The maximum absolute atomic E-state index is 10.7. The molecule has 0 spiro atoms. The summed E-state index contributed by atoms with van der Waals surface area (Å²) >= 11 is 0. The fourth-order valence-corrected chi connectivity index (χ4v) is 4.59. The lowest BCUT2D eigenvalue weighted by Gasteiger charge is -2.46. The van der Waals surface area contributed by atoms with Crippen LogP contribution < -0.4 is 4.74 Å². The summed E-state index contributed by atoms with van der Waals surface area (Å²) in [5.41, 5.74) is 3.48. The molecule has 4 heteroatoms. The van der Waals surface area contributed by atoms with E-state index in [1.807, 2.05) is 0 Å². The van der Waals surface area contributed by atoms with Crippen molar-refractivity contribution in [2.75, 3.05) is 19.7 Å². The van der Waals surface area contributed by atoms with E-state index in [-0.39, 0.29) is 18.8 Å². The van der Waals surface area contributed by atoms with E-state index >= 15 is 0 Å². The van der Waals surface area contributed by atoms with Crippen molar-refractivity contribution in [3.05, 3.63) is 28.8 Å². The fraction of sp³-hybridized carbons (Fsp3) is 0.727. The summed E-state index contributed by atoms with van der Waals surface area (Å²) < 4.78 is 5.93. The second-order valence-corrected chi connectivity index (χ2v) is 8.47. The molecule has 3 atom stereocenters. The largest absolute Gasteiger partial charge is 0.493 e. The summed E-state index contributed by atoms with van der Waals surface area (Å²) in [5, 5.41) is 20.5. The van der Waals surface area contributed by atoms with Crippen LogP contribution in [0.4, 0.5) is 0 Å². The average Bonchev–Trinajstić information content (AvgIpc) is 2.61. The molecule has 0 saturated carbocycles. The van der Waals surface area contributed by atoms with Gasteiger partial charge in [0.05, 0.1) is 19.3 Å². The summed E-state index contributed by atoms with van der Waals surface area (Å²) in [7, 11) is 0. The monoisotopic (exact) mass is 361 g/mol. The Morgan fingerprint density at radius 2 is 2.12 bits per heavy atom. The first-order valence-electron chi connectivity index (χ1n) is 10.3. The average molecular weight is 362 g/mol. The molecule has 0 bridgehead atoms. The van der Waals surface area contributed by atoms with E-state index in [4.69, 9.17) is 4.74 Å². The number of nitrogens with zero attached hydrogens (tertiary/aromatic N) is 1. The quantitative estimate of drug-likeness (QED) is 0.728. The topological polar surface area (TPSA) is 52.9 Å². The van der Waals surface area contributed by atoms with Crippen LogP contribution in [0.15, 0.2) is 12.1 Å². The zero-order valence-electron chi connectivity index (χ0n) is 16.6. The number of benzene rings is 1. The van der Waals surface area contributed by atoms with E-state index < -0.39 is 0 Å². The predicted octanol–water partition coefficient (Wildman–Crippen LogP) is 3.68. The highest BCUT2D eigenvalue weighted by atomic mass is 16.5. The third kappa shape index (κ3) is 4.24. The van der Waals surface area contributed by atoms with E-state index in [0.29, 0.717) is 18.4 Å². The fourth-order valence-electron chi connectivity index (χ4n) is 4.59. The molecule has 2 aliphatic rings. The maximum atomic E-state index is 10.7. The van der Waals surface area contributed by atoms with Crippen molar-refractivity contribution < 1.29 is 14.9 Å². The van der Waals surface area contributed by atoms with Gasteiger partial charge in [-0.15, -0.1) is 0 Å². The number of aliphatic hydroxyl groups is 2. The second-order valence-electron chi connectivity index (χ2n) is 8.47. The van der Waals surface area contributed by atoms with Gasteiger partial charge in [0.2, 0.25) is 0 Å². The van der Waals surface area contributed by atoms with Crippen LogP contribution in [0.2, 0.25) is 0 Å². The summed E-state index contributed by atoms with van der Waals surface area (Å²) in [6.07, 6.45) is 4.80. The van der Waals surface area contributed by atoms with Crippen LogP contribution >= 0.6 is 0 Å². The van der Waals surface area contributed by atoms with Crippen molar-refractivity contribution in [1.82, 2.24) is 4.90 Å². The molecule has 2 heterocycles.